The molecular weight excluding hydrogens is 352 g/mol. The number of aryl methyl sites for hydroxylation is 1. The van der Waals surface area contributed by atoms with Gasteiger partial charge >= 0.3 is 0 Å². The number of halogens is 1. The Bertz CT molecular complexity index is 708. The van der Waals surface area contributed by atoms with Crippen molar-refractivity contribution in [2.75, 3.05) is 27.8 Å². The first-order chi connectivity index (χ1) is 11.0. The lowest BCUT2D eigenvalue weighted by atomic mass is 10.2. The molecule has 1 atom stereocenters. The van der Waals surface area contributed by atoms with Crippen LogP contribution in [0.3, 0.4) is 0 Å². The molecule has 0 spiro atoms. The summed E-state index contributed by atoms with van der Waals surface area (Å²) in [4.78, 5) is 22.6. The molecule has 0 radical (unpaired) electrons. The lowest BCUT2D eigenvalue weighted by Crippen LogP contribution is -2.37. The Kier molecular flexibility index (Phi) is 7.82. The minimum absolute atomic E-state index is 0. The first-order valence-electron chi connectivity index (χ1n) is 7.30. The van der Waals surface area contributed by atoms with Crippen molar-refractivity contribution in [3.05, 3.63) is 16.3 Å². The number of methoxy groups -OCH3 is 2. The number of rotatable bonds is 7. The highest BCUT2D eigenvalue weighted by molar-refractivity contribution is 7.20. The number of nitrogens with zero attached hydrogens (tertiary/aromatic N) is 2. The molecule has 7 nitrogen and oxygen atoms in total. The summed E-state index contributed by atoms with van der Waals surface area (Å²) in [5, 5.41) is 6.79. The molecule has 0 bridgehead atoms. The van der Waals surface area contributed by atoms with Crippen molar-refractivity contribution in [2.45, 2.75) is 26.5 Å². The van der Waals surface area contributed by atoms with Crippen molar-refractivity contribution < 1.29 is 14.3 Å². The number of hydrogen-bond donors (Lipinski definition) is 2. The van der Waals surface area contributed by atoms with Crippen LogP contribution in [0.4, 0.5) is 0 Å². The lowest BCUT2D eigenvalue weighted by Gasteiger charge is -2.10. The van der Waals surface area contributed by atoms with E-state index in [2.05, 4.69) is 20.6 Å². The Labute approximate surface area is 151 Å². The van der Waals surface area contributed by atoms with Crippen molar-refractivity contribution >= 4 is 39.9 Å². The van der Waals surface area contributed by atoms with E-state index >= 15 is 0 Å². The number of ether oxygens (including phenoxy) is 2. The molecule has 0 aliphatic carbocycles. The summed E-state index contributed by atoms with van der Waals surface area (Å²) in [6.45, 7) is 4.74. The third-order valence-electron chi connectivity index (χ3n) is 3.54. The minimum atomic E-state index is -0.108. The number of nitrogens with one attached hydrogen (secondary N) is 2. The second-order valence-electron chi connectivity index (χ2n) is 5.22. The summed E-state index contributed by atoms with van der Waals surface area (Å²) in [7, 11) is 5.00. The predicted octanol–water partition coefficient (Wildman–Crippen LogP) is 1.91. The smallest absolute Gasteiger partial charge is 0.261 e. The summed E-state index contributed by atoms with van der Waals surface area (Å²) in [6.07, 6.45) is 0. The van der Waals surface area contributed by atoms with E-state index in [9.17, 15) is 4.79 Å². The van der Waals surface area contributed by atoms with E-state index in [1.54, 1.807) is 14.2 Å². The van der Waals surface area contributed by atoms with Crippen LogP contribution in [0.1, 0.15) is 28.0 Å². The number of likely N-dealkylation sites (N-methyl/N-ethyl adjacent to an activating group) is 1. The molecule has 0 saturated heterocycles. The SMILES string of the molecule is CNC(C)CNC(=O)c1sc2nc(COC)nc(OC)c2c1C.Cl. The normalized spacial score (nSPS) is 11.9. The lowest BCUT2D eigenvalue weighted by molar-refractivity contribution is 0.0954. The highest BCUT2D eigenvalue weighted by atomic mass is 35.5. The maximum absolute atomic E-state index is 12.4. The van der Waals surface area contributed by atoms with Gasteiger partial charge in [0.2, 0.25) is 5.88 Å². The average molecular weight is 375 g/mol. The number of hydrogen-bond acceptors (Lipinski definition) is 7. The van der Waals surface area contributed by atoms with E-state index in [0.717, 1.165) is 15.8 Å². The summed E-state index contributed by atoms with van der Waals surface area (Å²) >= 11 is 1.34. The Balaban J connectivity index is 0.00000288. The monoisotopic (exact) mass is 374 g/mol. The predicted molar refractivity (Wildman–Crippen MR) is 97.5 cm³/mol. The molecule has 0 aromatic carbocycles. The molecular formula is C15H23ClN4O3S. The molecule has 0 aliphatic heterocycles. The molecule has 0 saturated carbocycles. The van der Waals surface area contributed by atoms with Gasteiger partial charge in [-0.2, -0.15) is 4.98 Å². The van der Waals surface area contributed by atoms with Gasteiger partial charge in [0.15, 0.2) is 5.82 Å². The van der Waals surface area contributed by atoms with E-state index in [-0.39, 0.29) is 24.4 Å². The zero-order valence-corrected chi connectivity index (χ0v) is 16.1. The molecule has 2 N–H and O–H groups in total. The largest absolute Gasteiger partial charge is 0.480 e. The van der Waals surface area contributed by atoms with Crippen molar-refractivity contribution in [1.29, 1.82) is 0 Å². The van der Waals surface area contributed by atoms with Crippen LogP contribution in [-0.2, 0) is 11.3 Å². The van der Waals surface area contributed by atoms with Crippen LogP contribution in [0.5, 0.6) is 5.88 Å². The van der Waals surface area contributed by atoms with Crippen LogP contribution in [0, 0.1) is 6.92 Å². The number of amides is 1. The van der Waals surface area contributed by atoms with Gasteiger partial charge in [0.25, 0.3) is 5.91 Å². The van der Waals surface area contributed by atoms with Crippen LogP contribution in [0.2, 0.25) is 0 Å². The molecule has 9 heteroatoms. The molecule has 2 aromatic heterocycles. The second kappa shape index (κ2) is 9.12. The Morgan fingerprint density at radius 2 is 2.04 bits per heavy atom. The highest BCUT2D eigenvalue weighted by Gasteiger charge is 2.21. The van der Waals surface area contributed by atoms with Gasteiger partial charge in [-0.15, -0.1) is 23.7 Å². The van der Waals surface area contributed by atoms with Crippen LogP contribution >= 0.6 is 23.7 Å². The fraction of sp³-hybridized carbons (Fsp3) is 0.533. The molecule has 24 heavy (non-hydrogen) atoms. The quantitative estimate of drug-likeness (QED) is 0.770. The molecule has 134 valence electrons. The second-order valence-corrected chi connectivity index (χ2v) is 6.22. The summed E-state index contributed by atoms with van der Waals surface area (Å²) in [6, 6.07) is 0.205. The maximum atomic E-state index is 12.4. The number of carbonyl (C=O) groups is 1. The van der Waals surface area contributed by atoms with Crippen LogP contribution in [0.15, 0.2) is 0 Å². The van der Waals surface area contributed by atoms with Gasteiger partial charge in [-0.1, -0.05) is 0 Å². The van der Waals surface area contributed by atoms with Gasteiger partial charge in [0, 0.05) is 19.7 Å². The fourth-order valence-corrected chi connectivity index (χ4v) is 3.24. The molecule has 2 heterocycles. The Hall–Kier alpha value is -1.48. The molecule has 0 fully saturated rings. The Morgan fingerprint density at radius 3 is 2.62 bits per heavy atom. The van der Waals surface area contributed by atoms with Gasteiger partial charge in [0.05, 0.1) is 17.4 Å². The van der Waals surface area contributed by atoms with Crippen molar-refractivity contribution in [2.24, 2.45) is 0 Å². The minimum Gasteiger partial charge on any atom is -0.480 e. The average Bonchev–Trinajstić information content (AvgIpc) is 2.88. The van der Waals surface area contributed by atoms with Gasteiger partial charge in [0.1, 0.15) is 11.4 Å². The number of carbonyl (C=O) groups excluding carboxylic acids is 1. The van der Waals surface area contributed by atoms with Crippen molar-refractivity contribution in [3.8, 4) is 5.88 Å². The van der Waals surface area contributed by atoms with Gasteiger partial charge in [-0.3, -0.25) is 4.79 Å². The van der Waals surface area contributed by atoms with Gasteiger partial charge in [-0.05, 0) is 26.5 Å². The topological polar surface area (TPSA) is 85.4 Å². The third kappa shape index (κ3) is 4.32. The number of aromatic nitrogens is 2. The number of fused-ring (bicyclic) bond motifs is 1. The maximum Gasteiger partial charge on any atom is 0.261 e. The highest BCUT2D eigenvalue weighted by Crippen LogP contribution is 2.34. The summed E-state index contributed by atoms with van der Waals surface area (Å²) in [5.74, 6) is 0.898. The van der Waals surface area contributed by atoms with E-state index in [1.807, 2.05) is 20.9 Å². The molecule has 2 aromatic rings. The van der Waals surface area contributed by atoms with E-state index in [0.29, 0.717) is 29.7 Å². The van der Waals surface area contributed by atoms with E-state index < -0.39 is 0 Å². The van der Waals surface area contributed by atoms with Gasteiger partial charge in [-0.25, -0.2) is 4.98 Å². The van der Waals surface area contributed by atoms with Crippen molar-refractivity contribution in [1.82, 2.24) is 20.6 Å². The summed E-state index contributed by atoms with van der Waals surface area (Å²) < 4.78 is 10.4. The fourth-order valence-electron chi connectivity index (χ4n) is 2.13. The van der Waals surface area contributed by atoms with Crippen molar-refractivity contribution in [3.63, 3.8) is 0 Å². The summed E-state index contributed by atoms with van der Waals surface area (Å²) in [5.41, 5.74) is 0.834. The van der Waals surface area contributed by atoms with E-state index in [1.165, 1.54) is 11.3 Å². The zero-order valence-electron chi connectivity index (χ0n) is 14.4. The first-order valence-corrected chi connectivity index (χ1v) is 8.11. The third-order valence-corrected chi connectivity index (χ3v) is 4.72. The molecule has 0 aliphatic rings. The zero-order chi connectivity index (χ0) is 17.0. The van der Waals surface area contributed by atoms with E-state index in [4.69, 9.17) is 9.47 Å². The Morgan fingerprint density at radius 1 is 1.33 bits per heavy atom. The molecule has 2 rings (SSSR count). The molecule has 1 amide bonds. The van der Waals surface area contributed by atoms with Crippen LogP contribution in [0.25, 0.3) is 10.2 Å². The molecule has 1 unspecified atom stereocenters. The number of thiophene rings is 1. The standard InChI is InChI=1S/C15H22N4O3S.ClH/c1-8(16-3)6-17-13(20)12-9(2)11-14(22-5)18-10(7-21-4)19-15(11)23-12;/h8,16H,6-7H2,1-5H3,(H,17,20);1H. The van der Waals surface area contributed by atoms with Gasteiger partial charge < -0.3 is 20.1 Å². The van der Waals surface area contributed by atoms with Crippen LogP contribution in [-0.4, -0.2) is 49.7 Å². The first kappa shape index (κ1) is 20.6. The van der Waals surface area contributed by atoms with Crippen LogP contribution < -0.4 is 15.4 Å².